The topological polar surface area (TPSA) is 55.4 Å². The number of hydrogen-bond donors (Lipinski definition) is 1. The number of amides is 1. The van der Waals surface area contributed by atoms with E-state index in [0.29, 0.717) is 17.4 Å². The average Bonchev–Trinajstić information content (AvgIpc) is 3.42. The predicted octanol–water partition coefficient (Wildman–Crippen LogP) is 12.3. The van der Waals surface area contributed by atoms with E-state index in [0.717, 1.165) is 73.3 Å². The molecule has 0 heterocycles. The second-order valence-corrected chi connectivity index (χ2v) is 17.6. The Morgan fingerprint density at radius 1 is 0.854 bits per heavy atom. The van der Waals surface area contributed by atoms with Gasteiger partial charge in [0.15, 0.2) is 0 Å². The quantitative estimate of drug-likeness (QED) is 0.109. The minimum absolute atomic E-state index is 0.0499. The number of fused-ring (bicyclic) bond motifs is 5. The number of allylic oxidation sites excluding steroid dienone is 1. The number of carbonyl (C=O) groups excluding carboxylic acids is 2. The van der Waals surface area contributed by atoms with E-state index in [4.69, 9.17) is 4.74 Å². The van der Waals surface area contributed by atoms with Crippen molar-refractivity contribution in [2.75, 3.05) is 5.32 Å². The molecule has 0 aromatic heterocycles. The molecular weight excluding hydrogens is 590 g/mol. The molecule has 268 valence electrons. The summed E-state index contributed by atoms with van der Waals surface area (Å²) >= 11 is 0. The van der Waals surface area contributed by atoms with E-state index in [1.165, 1.54) is 83.5 Å². The molecule has 1 N–H and O–H groups in total. The molecule has 1 amide bonds. The van der Waals surface area contributed by atoms with Gasteiger partial charge < -0.3 is 10.1 Å². The van der Waals surface area contributed by atoms with Gasteiger partial charge in [-0.3, -0.25) is 4.79 Å². The van der Waals surface area contributed by atoms with Crippen LogP contribution in [0, 0.1) is 46.3 Å². The number of rotatable bonds is 16. The van der Waals surface area contributed by atoms with Crippen molar-refractivity contribution in [2.45, 2.75) is 170 Å². The number of ether oxygens (including phenoxy) is 1. The van der Waals surface area contributed by atoms with Gasteiger partial charge in [0, 0.05) is 18.5 Å². The number of unbranched alkanes of at least 4 members (excludes halogenated alkanes) is 6. The number of carbonyl (C=O) groups is 2. The summed E-state index contributed by atoms with van der Waals surface area (Å²) in [5.74, 6) is 4.82. The Balaban J connectivity index is 1.10. The Morgan fingerprint density at radius 3 is 2.31 bits per heavy atom. The van der Waals surface area contributed by atoms with Crippen molar-refractivity contribution in [2.24, 2.45) is 46.3 Å². The molecular formula is C44H69NO3. The molecule has 3 fully saturated rings. The molecule has 0 radical (unpaired) electrons. The Morgan fingerprint density at radius 2 is 1.58 bits per heavy atom. The van der Waals surface area contributed by atoms with Gasteiger partial charge in [0.05, 0.1) is 5.56 Å². The molecule has 1 unspecified atom stereocenters. The van der Waals surface area contributed by atoms with E-state index in [9.17, 15) is 9.59 Å². The number of anilines is 1. The van der Waals surface area contributed by atoms with E-state index in [1.54, 1.807) is 17.7 Å². The van der Waals surface area contributed by atoms with E-state index < -0.39 is 0 Å². The fourth-order valence-corrected chi connectivity index (χ4v) is 11.1. The lowest BCUT2D eigenvalue weighted by molar-refractivity contribution is -0.116. The number of hydrogen-bond acceptors (Lipinski definition) is 3. The monoisotopic (exact) mass is 660 g/mol. The van der Waals surface area contributed by atoms with Crippen molar-refractivity contribution in [3.63, 3.8) is 0 Å². The molecule has 48 heavy (non-hydrogen) atoms. The summed E-state index contributed by atoms with van der Waals surface area (Å²) in [6.07, 6.45) is 25.5. The van der Waals surface area contributed by atoms with Crippen LogP contribution < -0.4 is 5.32 Å². The van der Waals surface area contributed by atoms with Crippen molar-refractivity contribution in [3.05, 3.63) is 41.5 Å². The highest BCUT2D eigenvalue weighted by Gasteiger charge is 2.59. The Labute approximate surface area is 294 Å². The Bertz CT molecular complexity index is 1230. The van der Waals surface area contributed by atoms with Crippen LogP contribution in [0.25, 0.3) is 0 Å². The van der Waals surface area contributed by atoms with Crippen LogP contribution in [-0.2, 0) is 9.53 Å². The summed E-state index contributed by atoms with van der Waals surface area (Å²) in [5, 5.41) is 3.00. The first kappa shape index (κ1) is 37.2. The third-order valence-electron chi connectivity index (χ3n) is 13.9. The van der Waals surface area contributed by atoms with E-state index in [1.807, 2.05) is 12.1 Å². The molecule has 8 atom stereocenters. The van der Waals surface area contributed by atoms with Crippen LogP contribution in [-0.4, -0.2) is 18.0 Å². The molecule has 4 aliphatic carbocycles. The van der Waals surface area contributed by atoms with Crippen molar-refractivity contribution in [3.8, 4) is 0 Å². The van der Waals surface area contributed by atoms with E-state index >= 15 is 0 Å². The maximum atomic E-state index is 13.2. The number of nitrogens with one attached hydrogen (secondary N) is 1. The molecule has 0 aliphatic heterocycles. The highest BCUT2D eigenvalue weighted by atomic mass is 16.5. The maximum absolute atomic E-state index is 13.2. The second kappa shape index (κ2) is 16.7. The molecule has 1 aromatic rings. The Kier molecular flexibility index (Phi) is 13.0. The molecule has 0 saturated heterocycles. The van der Waals surface area contributed by atoms with Gasteiger partial charge in [-0.15, -0.1) is 0 Å². The highest BCUT2D eigenvalue weighted by molar-refractivity contribution is 5.93. The number of esters is 1. The van der Waals surface area contributed by atoms with E-state index in [2.05, 4.69) is 52.9 Å². The lowest BCUT2D eigenvalue weighted by Gasteiger charge is -2.58. The van der Waals surface area contributed by atoms with Gasteiger partial charge in [0.2, 0.25) is 5.91 Å². The standard InChI is InChI=1S/C44H69NO3/c1-7-8-9-10-11-12-13-17-41(46)45-35-21-18-33(19-22-35)42(47)48-36-26-28-43(5)34(30-36)20-23-37-39-25-24-38(32(4)16-14-15-31(2)3)44(39,6)29-27-40(37)43/h18-22,31-32,36-40H,7-17,23-30H2,1-6H3,(H,45,46)/t32-,36?,37+,38-,39+,40+,43+,44-/m1/s1. The first-order valence-electron chi connectivity index (χ1n) is 20.4. The molecule has 4 nitrogen and oxygen atoms in total. The third kappa shape index (κ3) is 8.60. The van der Waals surface area contributed by atoms with Gasteiger partial charge >= 0.3 is 5.97 Å². The lowest BCUT2D eigenvalue weighted by atomic mass is 9.47. The minimum atomic E-state index is -0.244. The largest absolute Gasteiger partial charge is 0.458 e. The zero-order valence-electron chi connectivity index (χ0n) is 31.6. The molecule has 4 heteroatoms. The predicted molar refractivity (Wildman–Crippen MR) is 200 cm³/mol. The van der Waals surface area contributed by atoms with Gasteiger partial charge in [-0.05, 0) is 122 Å². The molecule has 5 rings (SSSR count). The Hall–Kier alpha value is -2.10. The van der Waals surface area contributed by atoms with Crippen LogP contribution in [0.2, 0.25) is 0 Å². The van der Waals surface area contributed by atoms with Crippen LogP contribution in [0.4, 0.5) is 5.69 Å². The highest BCUT2D eigenvalue weighted by Crippen LogP contribution is 2.67. The molecule has 0 bridgehead atoms. The summed E-state index contributed by atoms with van der Waals surface area (Å²) in [5.41, 5.74) is 3.63. The van der Waals surface area contributed by atoms with Gasteiger partial charge in [-0.25, -0.2) is 4.79 Å². The van der Waals surface area contributed by atoms with Crippen molar-refractivity contribution in [1.82, 2.24) is 0 Å². The van der Waals surface area contributed by atoms with Crippen LogP contribution >= 0.6 is 0 Å². The first-order valence-corrected chi connectivity index (χ1v) is 20.4. The van der Waals surface area contributed by atoms with E-state index in [-0.39, 0.29) is 23.4 Å². The third-order valence-corrected chi connectivity index (χ3v) is 13.9. The first-order chi connectivity index (χ1) is 23.0. The van der Waals surface area contributed by atoms with Crippen molar-refractivity contribution >= 4 is 17.6 Å². The van der Waals surface area contributed by atoms with Gasteiger partial charge in [0.1, 0.15) is 6.10 Å². The fraction of sp³-hybridized carbons (Fsp3) is 0.773. The maximum Gasteiger partial charge on any atom is 0.338 e. The van der Waals surface area contributed by atoms with Gasteiger partial charge in [-0.2, -0.15) is 0 Å². The van der Waals surface area contributed by atoms with Crippen molar-refractivity contribution < 1.29 is 14.3 Å². The summed E-state index contributed by atoms with van der Waals surface area (Å²) in [6.45, 7) is 14.8. The normalized spacial score (nSPS) is 31.7. The summed E-state index contributed by atoms with van der Waals surface area (Å²) in [6, 6.07) is 7.25. The lowest BCUT2D eigenvalue weighted by Crippen LogP contribution is -2.51. The van der Waals surface area contributed by atoms with Crippen LogP contribution in [0.15, 0.2) is 35.9 Å². The summed E-state index contributed by atoms with van der Waals surface area (Å²) in [4.78, 5) is 25.6. The van der Waals surface area contributed by atoms with Crippen LogP contribution in [0.3, 0.4) is 0 Å². The second-order valence-electron chi connectivity index (χ2n) is 17.6. The SMILES string of the molecule is CCCCCCCCCC(=O)Nc1ccc(C(=O)OC2CC[C@@]3(C)C(=CC[C@H]4[C@@H]5CC[C@H]([C@H](C)CCCC(C)C)[C@@]5(C)CC[C@@H]43)C2)cc1. The molecule has 3 saturated carbocycles. The van der Waals surface area contributed by atoms with Gasteiger partial charge in [-0.1, -0.05) is 111 Å². The molecule has 0 spiro atoms. The van der Waals surface area contributed by atoms with Crippen LogP contribution in [0.5, 0.6) is 0 Å². The summed E-state index contributed by atoms with van der Waals surface area (Å²) in [7, 11) is 0. The zero-order chi connectivity index (χ0) is 34.3. The fourth-order valence-electron chi connectivity index (χ4n) is 11.1. The average molecular weight is 660 g/mol. The van der Waals surface area contributed by atoms with Crippen molar-refractivity contribution in [1.29, 1.82) is 0 Å². The van der Waals surface area contributed by atoms with Crippen LogP contribution in [0.1, 0.15) is 174 Å². The molecule has 1 aromatic carbocycles. The van der Waals surface area contributed by atoms with Gasteiger partial charge in [0.25, 0.3) is 0 Å². The smallest absolute Gasteiger partial charge is 0.338 e. The summed E-state index contributed by atoms with van der Waals surface area (Å²) < 4.78 is 6.13. The molecule has 4 aliphatic rings. The number of benzene rings is 1. The minimum Gasteiger partial charge on any atom is -0.458 e. The zero-order valence-corrected chi connectivity index (χ0v) is 31.6.